The van der Waals surface area contributed by atoms with E-state index in [4.69, 9.17) is 0 Å². The van der Waals surface area contributed by atoms with Crippen LogP contribution in [-0.2, 0) is 0 Å². The van der Waals surface area contributed by atoms with Crippen molar-refractivity contribution in [2.45, 2.75) is 19.8 Å². The number of rotatable bonds is 3. The summed E-state index contributed by atoms with van der Waals surface area (Å²) in [4.78, 5) is 19.1. The van der Waals surface area contributed by atoms with Crippen LogP contribution < -0.4 is 4.90 Å². The van der Waals surface area contributed by atoms with Gasteiger partial charge in [-0.3, -0.25) is 4.79 Å². The number of ketones is 1. The Bertz CT molecular complexity index is 787. The van der Waals surface area contributed by atoms with Gasteiger partial charge in [-0.1, -0.05) is 0 Å². The van der Waals surface area contributed by atoms with E-state index in [1.54, 1.807) is 18.2 Å². The normalized spacial score (nSPS) is 15.1. The van der Waals surface area contributed by atoms with E-state index in [0.29, 0.717) is 42.9 Å². The zero-order valence-electron chi connectivity index (χ0n) is 13.5. The SMILES string of the molecule is Cc1ccc(C#N)c(N2CCC(C(=O)c3ccc(F)cc3)CC2)n1. The Hall–Kier alpha value is -2.74. The van der Waals surface area contributed by atoms with Crippen molar-refractivity contribution in [2.24, 2.45) is 5.92 Å². The first-order chi connectivity index (χ1) is 11.6. The first-order valence-corrected chi connectivity index (χ1v) is 8.01. The molecule has 0 N–H and O–H groups in total. The lowest BCUT2D eigenvalue weighted by Gasteiger charge is -2.32. The summed E-state index contributed by atoms with van der Waals surface area (Å²) < 4.78 is 13.0. The Kier molecular flexibility index (Phi) is 4.57. The number of hydrogen-bond donors (Lipinski definition) is 0. The molecule has 0 aliphatic carbocycles. The van der Waals surface area contributed by atoms with Gasteiger partial charge in [-0.25, -0.2) is 9.37 Å². The molecule has 1 aliphatic heterocycles. The van der Waals surface area contributed by atoms with E-state index in [1.807, 2.05) is 13.0 Å². The Balaban J connectivity index is 1.70. The van der Waals surface area contributed by atoms with Gasteiger partial charge in [-0.15, -0.1) is 0 Å². The molecule has 122 valence electrons. The van der Waals surface area contributed by atoms with Crippen molar-refractivity contribution in [3.63, 3.8) is 0 Å². The van der Waals surface area contributed by atoms with Crippen molar-refractivity contribution in [3.8, 4) is 6.07 Å². The molecule has 24 heavy (non-hydrogen) atoms. The molecule has 0 amide bonds. The van der Waals surface area contributed by atoms with Crippen molar-refractivity contribution >= 4 is 11.6 Å². The third kappa shape index (κ3) is 3.28. The maximum absolute atomic E-state index is 13.0. The lowest BCUT2D eigenvalue weighted by molar-refractivity contribution is 0.0900. The molecule has 2 aromatic rings. The number of Topliss-reactive ketones (excluding diaryl/α,β-unsaturated/α-hetero) is 1. The Labute approximate surface area is 140 Å². The number of hydrogen-bond acceptors (Lipinski definition) is 4. The fraction of sp³-hybridized carbons (Fsp3) is 0.316. The van der Waals surface area contributed by atoms with Crippen LogP contribution in [0.2, 0.25) is 0 Å². The van der Waals surface area contributed by atoms with Crippen LogP contribution in [0.3, 0.4) is 0 Å². The molecule has 0 spiro atoms. The average Bonchev–Trinajstić information content (AvgIpc) is 2.62. The van der Waals surface area contributed by atoms with Crippen LogP contribution in [0, 0.1) is 30.0 Å². The second kappa shape index (κ2) is 6.79. The number of piperidine rings is 1. The Morgan fingerprint density at radius 1 is 1.21 bits per heavy atom. The minimum absolute atomic E-state index is 0.0624. The van der Waals surface area contributed by atoms with Gasteiger partial charge in [-0.2, -0.15) is 5.26 Å². The zero-order chi connectivity index (χ0) is 17.1. The van der Waals surface area contributed by atoms with Crippen molar-refractivity contribution < 1.29 is 9.18 Å². The van der Waals surface area contributed by atoms with Crippen LogP contribution in [0.15, 0.2) is 36.4 Å². The number of pyridine rings is 1. The molecule has 1 aromatic heterocycles. The molecule has 1 fully saturated rings. The van der Waals surface area contributed by atoms with Gasteiger partial charge in [0.1, 0.15) is 17.7 Å². The van der Waals surface area contributed by atoms with Gasteiger partial charge in [0.25, 0.3) is 0 Å². The smallest absolute Gasteiger partial charge is 0.166 e. The largest absolute Gasteiger partial charge is 0.355 e. The van der Waals surface area contributed by atoms with Crippen molar-refractivity contribution in [1.29, 1.82) is 5.26 Å². The number of carbonyl (C=O) groups is 1. The van der Waals surface area contributed by atoms with Gasteiger partial charge < -0.3 is 4.90 Å². The quantitative estimate of drug-likeness (QED) is 0.811. The summed E-state index contributed by atoms with van der Waals surface area (Å²) in [7, 11) is 0. The number of aromatic nitrogens is 1. The monoisotopic (exact) mass is 323 g/mol. The van der Waals surface area contributed by atoms with E-state index in [-0.39, 0.29) is 17.5 Å². The van der Waals surface area contributed by atoms with Gasteiger partial charge in [0.15, 0.2) is 5.78 Å². The summed E-state index contributed by atoms with van der Waals surface area (Å²) in [6.45, 7) is 3.26. The summed E-state index contributed by atoms with van der Waals surface area (Å²) in [5, 5.41) is 9.25. The number of carbonyl (C=O) groups excluding carboxylic acids is 1. The highest BCUT2D eigenvalue weighted by molar-refractivity contribution is 5.98. The minimum Gasteiger partial charge on any atom is -0.355 e. The number of benzene rings is 1. The molecule has 2 heterocycles. The molecule has 0 radical (unpaired) electrons. The highest BCUT2D eigenvalue weighted by atomic mass is 19.1. The Morgan fingerprint density at radius 3 is 2.50 bits per heavy atom. The van der Waals surface area contributed by atoms with Gasteiger partial charge >= 0.3 is 0 Å². The van der Waals surface area contributed by atoms with E-state index in [9.17, 15) is 14.4 Å². The van der Waals surface area contributed by atoms with E-state index in [2.05, 4.69) is 16.0 Å². The molecular formula is C19H18FN3O. The average molecular weight is 323 g/mol. The van der Waals surface area contributed by atoms with Gasteiger partial charge in [0.2, 0.25) is 0 Å². The van der Waals surface area contributed by atoms with Crippen LogP contribution in [0.1, 0.15) is 34.5 Å². The van der Waals surface area contributed by atoms with Crippen molar-refractivity contribution in [2.75, 3.05) is 18.0 Å². The first-order valence-electron chi connectivity index (χ1n) is 8.01. The van der Waals surface area contributed by atoms with Crippen LogP contribution in [0.4, 0.5) is 10.2 Å². The predicted octanol–water partition coefficient (Wildman–Crippen LogP) is 3.50. The zero-order valence-corrected chi connectivity index (χ0v) is 13.5. The van der Waals surface area contributed by atoms with Crippen LogP contribution >= 0.6 is 0 Å². The number of halogens is 1. The number of nitrogens with zero attached hydrogens (tertiary/aromatic N) is 3. The van der Waals surface area contributed by atoms with E-state index in [0.717, 1.165) is 5.69 Å². The highest BCUT2D eigenvalue weighted by Crippen LogP contribution is 2.27. The maximum Gasteiger partial charge on any atom is 0.166 e. The standard InChI is InChI=1S/C19H18FN3O/c1-13-2-3-16(12-21)19(22-13)23-10-8-15(9-11-23)18(24)14-4-6-17(20)7-5-14/h2-7,15H,8-11H2,1H3. The van der Waals surface area contributed by atoms with Crippen molar-refractivity contribution in [3.05, 3.63) is 59.0 Å². The summed E-state index contributed by atoms with van der Waals surface area (Å²) in [6.07, 6.45) is 1.41. The lowest BCUT2D eigenvalue weighted by Crippen LogP contribution is -2.37. The molecule has 0 unspecified atom stereocenters. The minimum atomic E-state index is -0.337. The van der Waals surface area contributed by atoms with E-state index < -0.39 is 0 Å². The van der Waals surface area contributed by atoms with Crippen LogP contribution in [-0.4, -0.2) is 23.9 Å². The van der Waals surface area contributed by atoms with Crippen LogP contribution in [0.25, 0.3) is 0 Å². The lowest BCUT2D eigenvalue weighted by atomic mass is 9.89. The van der Waals surface area contributed by atoms with Crippen molar-refractivity contribution in [1.82, 2.24) is 4.98 Å². The third-order valence-electron chi connectivity index (χ3n) is 4.43. The maximum atomic E-state index is 13.0. The van der Waals surface area contributed by atoms with Crippen LogP contribution in [0.5, 0.6) is 0 Å². The molecule has 0 bridgehead atoms. The Morgan fingerprint density at radius 2 is 1.88 bits per heavy atom. The summed E-state index contributed by atoms with van der Waals surface area (Å²) >= 11 is 0. The summed E-state index contributed by atoms with van der Waals surface area (Å²) in [5.41, 5.74) is 1.98. The molecular weight excluding hydrogens is 305 g/mol. The topological polar surface area (TPSA) is 57.0 Å². The van der Waals surface area contributed by atoms with E-state index in [1.165, 1.54) is 12.1 Å². The number of nitriles is 1. The molecule has 1 aliphatic rings. The second-order valence-corrected chi connectivity index (χ2v) is 6.07. The summed E-state index contributed by atoms with van der Waals surface area (Å²) in [6, 6.07) is 11.5. The molecule has 1 saturated heterocycles. The predicted molar refractivity (Wildman–Crippen MR) is 89.4 cm³/mol. The number of aryl methyl sites for hydroxylation is 1. The summed E-state index contributed by atoms with van der Waals surface area (Å²) in [5.74, 6) is 0.357. The number of anilines is 1. The molecule has 0 saturated carbocycles. The third-order valence-corrected chi connectivity index (χ3v) is 4.43. The van der Waals surface area contributed by atoms with Gasteiger partial charge in [0.05, 0.1) is 5.56 Å². The van der Waals surface area contributed by atoms with Gasteiger partial charge in [0, 0.05) is 30.3 Å². The molecule has 4 nitrogen and oxygen atoms in total. The second-order valence-electron chi connectivity index (χ2n) is 6.07. The molecule has 3 rings (SSSR count). The molecule has 5 heteroatoms. The fourth-order valence-corrected chi connectivity index (χ4v) is 3.07. The van der Waals surface area contributed by atoms with E-state index >= 15 is 0 Å². The van der Waals surface area contributed by atoms with Gasteiger partial charge in [-0.05, 0) is 56.2 Å². The molecule has 0 atom stereocenters. The first kappa shape index (κ1) is 16.1. The fourth-order valence-electron chi connectivity index (χ4n) is 3.07. The molecule has 1 aromatic carbocycles. The highest BCUT2D eigenvalue weighted by Gasteiger charge is 2.27.